The molecular formula is C29H48O4. The van der Waals surface area contributed by atoms with Crippen molar-refractivity contribution in [2.75, 3.05) is 6.61 Å². The highest BCUT2D eigenvalue weighted by Crippen LogP contribution is 2.18. The van der Waals surface area contributed by atoms with Crippen LogP contribution in [-0.2, 0) is 14.3 Å². The molecule has 0 saturated carbocycles. The topological polar surface area (TPSA) is 52.6 Å². The number of esters is 2. The van der Waals surface area contributed by atoms with Crippen LogP contribution >= 0.6 is 0 Å². The number of ether oxygens (including phenoxy) is 2. The first-order valence-electron chi connectivity index (χ1n) is 13.5. The summed E-state index contributed by atoms with van der Waals surface area (Å²) in [5.41, 5.74) is 2.33. The van der Waals surface area contributed by atoms with E-state index in [1.54, 1.807) is 0 Å². The molecule has 0 aliphatic rings. The predicted octanol–water partition coefficient (Wildman–Crippen LogP) is 8.40. The molecule has 0 saturated heterocycles. The molecule has 1 rings (SSSR count). The number of unbranched alkanes of at least 4 members (excludes halogenated alkanes) is 13. The van der Waals surface area contributed by atoms with Crippen LogP contribution < -0.4 is 4.74 Å². The Labute approximate surface area is 202 Å². The Morgan fingerprint density at radius 3 is 1.73 bits per heavy atom. The first-order chi connectivity index (χ1) is 16.0. The molecule has 0 aromatic heterocycles. The molecule has 4 heteroatoms. The summed E-state index contributed by atoms with van der Waals surface area (Å²) in [6, 6.07) is 5.74. The van der Waals surface area contributed by atoms with Gasteiger partial charge in [0.05, 0.1) is 6.61 Å². The van der Waals surface area contributed by atoms with Gasteiger partial charge >= 0.3 is 11.9 Å². The lowest BCUT2D eigenvalue weighted by molar-refractivity contribution is -0.144. The lowest BCUT2D eigenvalue weighted by Crippen LogP contribution is -2.07. The van der Waals surface area contributed by atoms with Crippen molar-refractivity contribution >= 4 is 11.9 Å². The minimum absolute atomic E-state index is 0.0522. The maximum absolute atomic E-state index is 12.0. The largest absolute Gasteiger partial charge is 0.466 e. The standard InChI is InChI=1S/C29H48O4/c1-4-5-6-7-8-9-12-15-18-23-32-28(30)19-16-13-10-11-14-17-20-29(31)33-27-22-21-25(2)26(3)24-27/h21-22,24H,4-20,23H2,1-3H3. The van der Waals surface area contributed by atoms with Gasteiger partial charge in [-0.05, 0) is 56.4 Å². The lowest BCUT2D eigenvalue weighted by atomic mass is 10.1. The fraction of sp³-hybridized carbons (Fsp3) is 0.724. The summed E-state index contributed by atoms with van der Waals surface area (Å²) in [6.45, 7) is 6.89. The van der Waals surface area contributed by atoms with Crippen molar-refractivity contribution in [3.8, 4) is 5.75 Å². The Morgan fingerprint density at radius 2 is 1.15 bits per heavy atom. The summed E-state index contributed by atoms with van der Waals surface area (Å²) in [5, 5.41) is 0. The number of carbonyl (C=O) groups excluding carboxylic acids is 2. The molecule has 0 unspecified atom stereocenters. The second-order valence-electron chi connectivity index (χ2n) is 9.39. The Hall–Kier alpha value is -1.84. The molecule has 33 heavy (non-hydrogen) atoms. The van der Waals surface area contributed by atoms with Crippen LogP contribution in [0.2, 0.25) is 0 Å². The predicted molar refractivity (Wildman–Crippen MR) is 137 cm³/mol. The van der Waals surface area contributed by atoms with Gasteiger partial charge in [-0.3, -0.25) is 9.59 Å². The number of rotatable bonds is 20. The quantitative estimate of drug-likeness (QED) is 0.111. The summed E-state index contributed by atoms with van der Waals surface area (Å²) in [5.74, 6) is 0.421. The van der Waals surface area contributed by atoms with E-state index in [0.29, 0.717) is 25.2 Å². The highest BCUT2D eigenvalue weighted by Gasteiger charge is 2.06. The van der Waals surface area contributed by atoms with Gasteiger partial charge < -0.3 is 9.47 Å². The first kappa shape index (κ1) is 29.2. The van der Waals surface area contributed by atoms with Crippen LogP contribution in [0.25, 0.3) is 0 Å². The summed E-state index contributed by atoms with van der Waals surface area (Å²) in [6.07, 6.45) is 18.4. The summed E-state index contributed by atoms with van der Waals surface area (Å²) >= 11 is 0. The Bertz CT molecular complexity index is 653. The minimum atomic E-state index is -0.159. The molecule has 0 N–H and O–H groups in total. The van der Waals surface area contributed by atoms with Gasteiger partial charge in [-0.1, -0.05) is 90.0 Å². The monoisotopic (exact) mass is 460 g/mol. The molecule has 0 radical (unpaired) electrons. The van der Waals surface area contributed by atoms with Crippen molar-refractivity contribution in [3.63, 3.8) is 0 Å². The van der Waals surface area contributed by atoms with Gasteiger partial charge in [-0.15, -0.1) is 0 Å². The molecule has 0 amide bonds. The maximum atomic E-state index is 12.0. The summed E-state index contributed by atoms with van der Waals surface area (Å²) < 4.78 is 10.8. The van der Waals surface area contributed by atoms with Gasteiger partial charge in [-0.25, -0.2) is 0 Å². The lowest BCUT2D eigenvalue weighted by Gasteiger charge is -2.07. The highest BCUT2D eigenvalue weighted by molar-refractivity contribution is 5.72. The number of hydrogen-bond acceptors (Lipinski definition) is 4. The van der Waals surface area contributed by atoms with Gasteiger partial charge in [0, 0.05) is 12.8 Å². The van der Waals surface area contributed by atoms with Crippen LogP contribution in [0.5, 0.6) is 5.75 Å². The zero-order chi connectivity index (χ0) is 24.2. The number of aryl methyl sites for hydroxylation is 2. The van der Waals surface area contributed by atoms with E-state index < -0.39 is 0 Å². The second kappa shape index (κ2) is 19.6. The van der Waals surface area contributed by atoms with Gasteiger partial charge in [0.2, 0.25) is 0 Å². The van der Waals surface area contributed by atoms with E-state index >= 15 is 0 Å². The van der Waals surface area contributed by atoms with Crippen molar-refractivity contribution in [2.45, 2.75) is 130 Å². The van der Waals surface area contributed by atoms with Crippen molar-refractivity contribution in [1.29, 1.82) is 0 Å². The molecule has 0 bridgehead atoms. The van der Waals surface area contributed by atoms with E-state index in [9.17, 15) is 9.59 Å². The Balaban J connectivity index is 1.86. The zero-order valence-electron chi connectivity index (χ0n) is 21.6. The van der Waals surface area contributed by atoms with Crippen molar-refractivity contribution in [1.82, 2.24) is 0 Å². The molecule has 0 atom stereocenters. The minimum Gasteiger partial charge on any atom is -0.466 e. The average molecular weight is 461 g/mol. The SMILES string of the molecule is CCCCCCCCCCCOC(=O)CCCCCCCCC(=O)Oc1ccc(C)c(C)c1. The van der Waals surface area contributed by atoms with E-state index in [-0.39, 0.29) is 11.9 Å². The smallest absolute Gasteiger partial charge is 0.311 e. The zero-order valence-corrected chi connectivity index (χ0v) is 21.6. The van der Waals surface area contributed by atoms with Crippen LogP contribution in [0.3, 0.4) is 0 Å². The van der Waals surface area contributed by atoms with E-state index in [1.165, 1.54) is 56.9 Å². The van der Waals surface area contributed by atoms with Gasteiger partial charge in [0.15, 0.2) is 0 Å². The van der Waals surface area contributed by atoms with Crippen molar-refractivity contribution in [2.24, 2.45) is 0 Å². The van der Waals surface area contributed by atoms with Gasteiger partial charge in [0.25, 0.3) is 0 Å². The van der Waals surface area contributed by atoms with Crippen LogP contribution in [-0.4, -0.2) is 18.5 Å². The van der Waals surface area contributed by atoms with Crippen molar-refractivity contribution < 1.29 is 19.1 Å². The van der Waals surface area contributed by atoms with Gasteiger partial charge in [-0.2, -0.15) is 0 Å². The van der Waals surface area contributed by atoms with Crippen LogP contribution in [0.15, 0.2) is 18.2 Å². The van der Waals surface area contributed by atoms with Crippen molar-refractivity contribution in [3.05, 3.63) is 29.3 Å². The Kier molecular flexibility index (Phi) is 17.4. The number of carbonyl (C=O) groups is 2. The number of benzene rings is 1. The number of hydrogen-bond donors (Lipinski definition) is 0. The fourth-order valence-corrected chi connectivity index (χ4v) is 3.88. The highest BCUT2D eigenvalue weighted by atomic mass is 16.5. The third-order valence-electron chi connectivity index (χ3n) is 6.23. The molecule has 1 aromatic carbocycles. The van der Waals surface area contributed by atoms with E-state index in [2.05, 4.69) is 6.92 Å². The van der Waals surface area contributed by atoms with E-state index in [4.69, 9.17) is 9.47 Å². The molecule has 4 nitrogen and oxygen atoms in total. The first-order valence-corrected chi connectivity index (χ1v) is 13.5. The third kappa shape index (κ3) is 16.4. The molecule has 0 aliphatic heterocycles. The summed E-state index contributed by atoms with van der Waals surface area (Å²) in [7, 11) is 0. The maximum Gasteiger partial charge on any atom is 0.311 e. The van der Waals surface area contributed by atoms with E-state index in [1.807, 2.05) is 32.0 Å². The molecule has 0 fully saturated rings. The van der Waals surface area contributed by atoms with Crippen LogP contribution in [0, 0.1) is 13.8 Å². The van der Waals surface area contributed by atoms with Crippen LogP contribution in [0.1, 0.15) is 127 Å². The Morgan fingerprint density at radius 1 is 0.636 bits per heavy atom. The molecule has 0 heterocycles. The van der Waals surface area contributed by atoms with Gasteiger partial charge in [0.1, 0.15) is 5.75 Å². The normalized spacial score (nSPS) is 10.9. The summed E-state index contributed by atoms with van der Waals surface area (Å²) in [4.78, 5) is 23.8. The van der Waals surface area contributed by atoms with E-state index in [0.717, 1.165) is 50.5 Å². The average Bonchev–Trinajstić information content (AvgIpc) is 2.79. The molecule has 188 valence electrons. The third-order valence-corrected chi connectivity index (χ3v) is 6.23. The van der Waals surface area contributed by atoms with Crippen LogP contribution in [0.4, 0.5) is 0 Å². The molecular weight excluding hydrogens is 412 g/mol. The fourth-order valence-electron chi connectivity index (χ4n) is 3.88. The molecule has 1 aromatic rings. The molecule has 0 aliphatic carbocycles. The second-order valence-corrected chi connectivity index (χ2v) is 9.39. The molecule has 0 spiro atoms.